The van der Waals surface area contributed by atoms with Crippen LogP contribution in [0.4, 0.5) is 0 Å². The highest BCUT2D eigenvalue weighted by Crippen LogP contribution is 2.40. The van der Waals surface area contributed by atoms with Crippen LogP contribution in [-0.2, 0) is 0 Å². The second kappa shape index (κ2) is 10.8. The van der Waals surface area contributed by atoms with Crippen LogP contribution in [0.25, 0.3) is 0 Å². The van der Waals surface area contributed by atoms with Crippen LogP contribution in [0, 0.1) is 5.92 Å². The topological polar surface area (TPSA) is 0 Å². The minimum atomic E-state index is 0.471. The molecule has 0 saturated carbocycles. The van der Waals surface area contributed by atoms with Gasteiger partial charge in [0.05, 0.1) is 0 Å². The fraction of sp³-hybridized carbons (Fsp3) is 0.900. The molecule has 0 aromatic carbocycles. The van der Waals surface area contributed by atoms with Gasteiger partial charge in [-0.05, 0) is 44.3 Å². The highest BCUT2D eigenvalue weighted by molar-refractivity contribution is 8.00. The number of thioether (sulfide) groups is 1. The molecule has 0 amide bonds. The van der Waals surface area contributed by atoms with Gasteiger partial charge in [0.2, 0.25) is 0 Å². The van der Waals surface area contributed by atoms with Gasteiger partial charge in [0.25, 0.3) is 0 Å². The van der Waals surface area contributed by atoms with Gasteiger partial charge in [-0.15, -0.1) is 0 Å². The summed E-state index contributed by atoms with van der Waals surface area (Å²) in [5.74, 6) is 2.25. The first-order chi connectivity index (χ1) is 10.1. The van der Waals surface area contributed by atoms with E-state index in [0.717, 1.165) is 5.92 Å². The summed E-state index contributed by atoms with van der Waals surface area (Å²) < 4.78 is 0.471. The van der Waals surface area contributed by atoms with E-state index in [2.05, 4.69) is 45.5 Å². The maximum atomic E-state index is 2.48. The molecule has 1 atom stereocenters. The Morgan fingerprint density at radius 2 is 1.67 bits per heavy atom. The molecule has 0 fully saturated rings. The molecule has 21 heavy (non-hydrogen) atoms. The molecule has 1 unspecified atom stereocenters. The van der Waals surface area contributed by atoms with Crippen molar-refractivity contribution < 1.29 is 0 Å². The lowest BCUT2D eigenvalue weighted by Gasteiger charge is -2.35. The number of hydrogen-bond donors (Lipinski definition) is 0. The minimum absolute atomic E-state index is 0.471. The Morgan fingerprint density at radius 3 is 2.24 bits per heavy atom. The number of unbranched alkanes of at least 4 members (excludes halogenated alkanes) is 7. The summed E-state index contributed by atoms with van der Waals surface area (Å²) in [6, 6.07) is 0. The van der Waals surface area contributed by atoms with Gasteiger partial charge in [-0.1, -0.05) is 77.4 Å². The second-order valence-corrected chi connectivity index (χ2v) is 9.20. The van der Waals surface area contributed by atoms with E-state index >= 15 is 0 Å². The highest BCUT2D eigenvalue weighted by Gasteiger charge is 2.30. The molecule has 0 N–H and O–H groups in total. The number of allylic oxidation sites excluding steroid dienone is 2. The van der Waals surface area contributed by atoms with Crippen LogP contribution in [0.2, 0.25) is 0 Å². The van der Waals surface area contributed by atoms with Crippen LogP contribution in [0.1, 0.15) is 98.3 Å². The maximum Gasteiger partial charge on any atom is 0.0134 e. The molecule has 0 radical (unpaired) electrons. The second-order valence-electron chi connectivity index (χ2n) is 7.45. The quantitative estimate of drug-likeness (QED) is 0.283. The Morgan fingerprint density at radius 1 is 1.05 bits per heavy atom. The van der Waals surface area contributed by atoms with E-state index in [1.54, 1.807) is 5.57 Å². The van der Waals surface area contributed by atoms with E-state index in [-0.39, 0.29) is 0 Å². The van der Waals surface area contributed by atoms with E-state index in [0.29, 0.717) is 4.75 Å². The van der Waals surface area contributed by atoms with E-state index in [9.17, 15) is 0 Å². The number of rotatable bonds is 11. The van der Waals surface area contributed by atoms with Crippen molar-refractivity contribution in [2.75, 3.05) is 5.75 Å². The van der Waals surface area contributed by atoms with Crippen molar-refractivity contribution in [2.24, 2.45) is 5.92 Å². The Hall–Kier alpha value is 0.0900. The fourth-order valence-electron chi connectivity index (χ4n) is 3.29. The van der Waals surface area contributed by atoms with E-state index < -0.39 is 0 Å². The highest BCUT2D eigenvalue weighted by atomic mass is 32.2. The Balaban J connectivity index is 2.03. The van der Waals surface area contributed by atoms with Gasteiger partial charge >= 0.3 is 0 Å². The van der Waals surface area contributed by atoms with Crippen molar-refractivity contribution in [1.82, 2.24) is 0 Å². The summed E-state index contributed by atoms with van der Waals surface area (Å²) in [4.78, 5) is 0. The van der Waals surface area contributed by atoms with Crippen LogP contribution in [0.3, 0.4) is 0 Å². The standard InChI is InChI=1S/C20H38S/c1-5-6-7-8-9-10-11-12-17-21-20(3,4)19-15-13-18(2)14-16-19/h13,19H,5-12,14-17H2,1-4H3. The van der Waals surface area contributed by atoms with Gasteiger partial charge in [0.15, 0.2) is 0 Å². The van der Waals surface area contributed by atoms with Crippen molar-refractivity contribution in [1.29, 1.82) is 0 Å². The summed E-state index contributed by atoms with van der Waals surface area (Å²) in [6.45, 7) is 9.53. The molecular formula is C20H38S. The summed E-state index contributed by atoms with van der Waals surface area (Å²) in [5.41, 5.74) is 1.61. The van der Waals surface area contributed by atoms with Gasteiger partial charge in [0, 0.05) is 4.75 Å². The Bertz CT molecular complexity index is 290. The predicted octanol–water partition coefficient (Wildman–Crippen LogP) is 7.39. The monoisotopic (exact) mass is 310 g/mol. The zero-order valence-corrected chi connectivity index (χ0v) is 15.9. The molecule has 1 aliphatic carbocycles. The van der Waals surface area contributed by atoms with Crippen molar-refractivity contribution in [2.45, 2.75) is 103 Å². The molecule has 1 heteroatoms. The molecule has 0 spiro atoms. The van der Waals surface area contributed by atoms with Crippen molar-refractivity contribution in [3.63, 3.8) is 0 Å². The van der Waals surface area contributed by atoms with Gasteiger partial charge in [0.1, 0.15) is 0 Å². The average molecular weight is 311 g/mol. The fourth-order valence-corrected chi connectivity index (χ4v) is 4.61. The lowest BCUT2D eigenvalue weighted by molar-refractivity contribution is 0.384. The lowest BCUT2D eigenvalue weighted by atomic mass is 9.82. The van der Waals surface area contributed by atoms with Crippen LogP contribution < -0.4 is 0 Å². The predicted molar refractivity (Wildman–Crippen MR) is 100 cm³/mol. The molecule has 1 rings (SSSR count). The van der Waals surface area contributed by atoms with Crippen molar-refractivity contribution >= 4 is 11.8 Å². The molecule has 0 aliphatic heterocycles. The normalized spacial score (nSPS) is 19.6. The van der Waals surface area contributed by atoms with Crippen LogP contribution >= 0.6 is 11.8 Å². The molecule has 0 saturated heterocycles. The van der Waals surface area contributed by atoms with Crippen molar-refractivity contribution in [3.05, 3.63) is 11.6 Å². The Labute approximate surface area is 138 Å². The van der Waals surface area contributed by atoms with Gasteiger partial charge in [-0.3, -0.25) is 0 Å². The summed E-state index contributed by atoms with van der Waals surface area (Å²) in [5, 5.41) is 0. The first-order valence-electron chi connectivity index (χ1n) is 9.36. The largest absolute Gasteiger partial charge is 0.155 e. The smallest absolute Gasteiger partial charge is 0.0134 e. The zero-order chi connectivity index (χ0) is 15.6. The molecule has 0 heterocycles. The third kappa shape index (κ3) is 8.33. The maximum absolute atomic E-state index is 2.48. The first kappa shape index (κ1) is 19.1. The van der Waals surface area contributed by atoms with Gasteiger partial charge < -0.3 is 0 Å². The SMILES string of the molecule is CCCCCCCCCCSC(C)(C)C1CC=C(C)CC1. The average Bonchev–Trinajstić information content (AvgIpc) is 2.46. The van der Waals surface area contributed by atoms with Gasteiger partial charge in [-0.2, -0.15) is 11.8 Å². The molecule has 1 aliphatic rings. The van der Waals surface area contributed by atoms with Crippen LogP contribution in [0.15, 0.2) is 11.6 Å². The van der Waals surface area contributed by atoms with E-state index in [1.807, 2.05) is 0 Å². The summed E-state index contributed by atoms with van der Waals surface area (Å²) in [7, 11) is 0. The molecule has 0 bridgehead atoms. The minimum Gasteiger partial charge on any atom is -0.155 e. The molecular weight excluding hydrogens is 272 g/mol. The first-order valence-corrected chi connectivity index (χ1v) is 10.3. The summed E-state index contributed by atoms with van der Waals surface area (Å²) >= 11 is 2.23. The van der Waals surface area contributed by atoms with Crippen LogP contribution in [-0.4, -0.2) is 10.5 Å². The molecule has 0 nitrogen and oxygen atoms in total. The van der Waals surface area contributed by atoms with Gasteiger partial charge in [-0.25, -0.2) is 0 Å². The number of hydrogen-bond acceptors (Lipinski definition) is 1. The molecule has 124 valence electrons. The third-order valence-corrected chi connectivity index (χ3v) is 6.66. The van der Waals surface area contributed by atoms with E-state index in [4.69, 9.17) is 0 Å². The zero-order valence-electron chi connectivity index (χ0n) is 15.0. The Kier molecular flexibility index (Phi) is 9.80. The van der Waals surface area contributed by atoms with Crippen molar-refractivity contribution in [3.8, 4) is 0 Å². The third-order valence-electron chi connectivity index (χ3n) is 5.09. The molecule has 0 aromatic rings. The van der Waals surface area contributed by atoms with Crippen LogP contribution in [0.5, 0.6) is 0 Å². The van der Waals surface area contributed by atoms with E-state index in [1.165, 1.54) is 76.4 Å². The lowest BCUT2D eigenvalue weighted by Crippen LogP contribution is -2.29. The summed E-state index contributed by atoms with van der Waals surface area (Å²) in [6.07, 6.45) is 18.0. The molecule has 0 aromatic heterocycles.